The molecule has 1 rings (SSSR count). The molecule has 0 saturated heterocycles. The molecule has 1 amide bonds. The molecule has 19 heavy (non-hydrogen) atoms. The molecule has 1 aromatic rings. The molecule has 0 aromatic carbocycles. The van der Waals surface area contributed by atoms with Crippen molar-refractivity contribution in [2.75, 3.05) is 26.0 Å². The molecule has 106 valence electrons. The van der Waals surface area contributed by atoms with Gasteiger partial charge in [0.1, 0.15) is 5.82 Å². The van der Waals surface area contributed by atoms with Crippen LogP contribution in [0.15, 0.2) is 12.1 Å². The second kappa shape index (κ2) is 7.09. The molecular weight excluding hydrogens is 242 g/mol. The standard InChI is InChI=1S/C14H23N3O2/c1-5-12-8-11(9-13(15-3)16-12)14(19)17(4)7-6-10(2)18/h8-10,18H,5-7H2,1-4H3,(H,15,16). The normalized spacial score (nSPS) is 12.1. The zero-order valence-electron chi connectivity index (χ0n) is 12.1. The smallest absolute Gasteiger partial charge is 0.253 e. The number of rotatable bonds is 6. The Morgan fingerprint density at radius 1 is 1.53 bits per heavy atom. The minimum atomic E-state index is -0.397. The van der Waals surface area contributed by atoms with Gasteiger partial charge in [-0.15, -0.1) is 0 Å². The Balaban J connectivity index is 2.85. The highest BCUT2D eigenvalue weighted by molar-refractivity contribution is 5.94. The van der Waals surface area contributed by atoms with Crippen LogP contribution in [0.5, 0.6) is 0 Å². The van der Waals surface area contributed by atoms with E-state index in [1.54, 1.807) is 32.0 Å². The lowest BCUT2D eigenvalue weighted by Crippen LogP contribution is -2.29. The van der Waals surface area contributed by atoms with E-state index in [-0.39, 0.29) is 5.91 Å². The lowest BCUT2D eigenvalue weighted by molar-refractivity contribution is 0.0769. The lowest BCUT2D eigenvalue weighted by atomic mass is 10.1. The van der Waals surface area contributed by atoms with Crippen molar-refractivity contribution in [1.82, 2.24) is 9.88 Å². The van der Waals surface area contributed by atoms with Crippen LogP contribution in [0.3, 0.4) is 0 Å². The van der Waals surface area contributed by atoms with Gasteiger partial charge in [-0.1, -0.05) is 6.92 Å². The van der Waals surface area contributed by atoms with E-state index in [1.165, 1.54) is 0 Å². The quantitative estimate of drug-likeness (QED) is 0.818. The van der Waals surface area contributed by atoms with Crippen LogP contribution < -0.4 is 5.32 Å². The number of aromatic nitrogens is 1. The summed E-state index contributed by atoms with van der Waals surface area (Å²) in [6.45, 7) is 4.27. The van der Waals surface area contributed by atoms with Crippen molar-refractivity contribution in [2.24, 2.45) is 0 Å². The van der Waals surface area contributed by atoms with E-state index < -0.39 is 6.10 Å². The van der Waals surface area contributed by atoms with Crippen LogP contribution in [-0.2, 0) is 6.42 Å². The first-order valence-corrected chi connectivity index (χ1v) is 6.60. The number of amides is 1. The number of nitrogens with zero attached hydrogens (tertiary/aromatic N) is 2. The first-order valence-electron chi connectivity index (χ1n) is 6.60. The first kappa shape index (κ1) is 15.4. The number of aryl methyl sites for hydroxylation is 1. The molecule has 0 saturated carbocycles. The number of pyridine rings is 1. The molecule has 0 aliphatic carbocycles. The summed E-state index contributed by atoms with van der Waals surface area (Å²) in [5, 5.41) is 12.2. The van der Waals surface area contributed by atoms with Gasteiger partial charge in [-0.05, 0) is 31.9 Å². The summed E-state index contributed by atoms with van der Waals surface area (Å²) < 4.78 is 0. The van der Waals surface area contributed by atoms with E-state index in [4.69, 9.17) is 0 Å². The maximum absolute atomic E-state index is 12.3. The van der Waals surface area contributed by atoms with E-state index >= 15 is 0 Å². The molecule has 0 fully saturated rings. The van der Waals surface area contributed by atoms with Crippen LogP contribution in [0.25, 0.3) is 0 Å². The van der Waals surface area contributed by atoms with E-state index in [1.807, 2.05) is 13.0 Å². The van der Waals surface area contributed by atoms with Crippen LogP contribution in [0.4, 0.5) is 5.82 Å². The maximum Gasteiger partial charge on any atom is 0.253 e. The van der Waals surface area contributed by atoms with Crippen molar-refractivity contribution in [3.8, 4) is 0 Å². The Hall–Kier alpha value is -1.62. The molecule has 5 nitrogen and oxygen atoms in total. The number of hydrogen-bond acceptors (Lipinski definition) is 4. The third kappa shape index (κ3) is 4.52. The molecule has 0 radical (unpaired) electrons. The fraction of sp³-hybridized carbons (Fsp3) is 0.571. The molecule has 0 aliphatic rings. The van der Waals surface area contributed by atoms with Crippen molar-refractivity contribution in [3.05, 3.63) is 23.4 Å². The third-order valence-corrected chi connectivity index (χ3v) is 2.97. The number of anilines is 1. The molecule has 2 N–H and O–H groups in total. The van der Waals surface area contributed by atoms with Crippen molar-refractivity contribution in [1.29, 1.82) is 0 Å². The number of aliphatic hydroxyl groups is 1. The average molecular weight is 265 g/mol. The Labute approximate surface area is 114 Å². The number of nitrogens with one attached hydrogen (secondary N) is 1. The molecular formula is C14H23N3O2. The van der Waals surface area contributed by atoms with E-state index in [0.717, 1.165) is 12.1 Å². The summed E-state index contributed by atoms with van der Waals surface area (Å²) in [6.07, 6.45) is 0.965. The highest BCUT2D eigenvalue weighted by atomic mass is 16.3. The highest BCUT2D eigenvalue weighted by Gasteiger charge is 2.14. The molecule has 1 heterocycles. The molecule has 0 bridgehead atoms. The van der Waals surface area contributed by atoms with Gasteiger partial charge in [-0.2, -0.15) is 0 Å². The zero-order chi connectivity index (χ0) is 14.4. The SMILES string of the molecule is CCc1cc(C(=O)N(C)CCC(C)O)cc(NC)n1. The minimum Gasteiger partial charge on any atom is -0.393 e. The average Bonchev–Trinajstić information content (AvgIpc) is 2.42. The number of aliphatic hydroxyl groups excluding tert-OH is 1. The molecule has 5 heteroatoms. The summed E-state index contributed by atoms with van der Waals surface area (Å²) in [7, 11) is 3.53. The molecule has 1 atom stereocenters. The van der Waals surface area contributed by atoms with Gasteiger partial charge >= 0.3 is 0 Å². The Morgan fingerprint density at radius 3 is 2.74 bits per heavy atom. The monoisotopic (exact) mass is 265 g/mol. The number of hydrogen-bond donors (Lipinski definition) is 2. The summed E-state index contributed by atoms with van der Waals surface area (Å²) in [6, 6.07) is 3.57. The molecule has 1 aromatic heterocycles. The molecule has 0 aliphatic heterocycles. The Bertz CT molecular complexity index is 410. The fourth-order valence-corrected chi connectivity index (χ4v) is 1.72. The largest absolute Gasteiger partial charge is 0.393 e. The predicted octanol–water partition coefficient (Wildman–Crippen LogP) is 1.53. The topological polar surface area (TPSA) is 65.5 Å². The van der Waals surface area contributed by atoms with Crippen LogP contribution in [0, 0.1) is 0 Å². The first-order chi connectivity index (χ1) is 8.97. The third-order valence-electron chi connectivity index (χ3n) is 2.97. The summed E-state index contributed by atoms with van der Waals surface area (Å²) in [5.74, 6) is 0.654. The molecule has 0 spiro atoms. The van der Waals surface area contributed by atoms with E-state index in [9.17, 15) is 9.90 Å². The van der Waals surface area contributed by atoms with Crippen molar-refractivity contribution in [2.45, 2.75) is 32.8 Å². The second-order valence-electron chi connectivity index (χ2n) is 4.70. The van der Waals surface area contributed by atoms with Gasteiger partial charge in [-0.25, -0.2) is 4.98 Å². The van der Waals surface area contributed by atoms with Crippen LogP contribution >= 0.6 is 0 Å². The predicted molar refractivity (Wildman–Crippen MR) is 76.4 cm³/mol. The minimum absolute atomic E-state index is 0.0470. The number of carbonyl (C=O) groups is 1. The summed E-state index contributed by atoms with van der Waals surface area (Å²) in [5.41, 5.74) is 1.52. The van der Waals surface area contributed by atoms with Gasteiger partial charge in [0, 0.05) is 31.9 Å². The van der Waals surface area contributed by atoms with Gasteiger partial charge in [0.25, 0.3) is 5.91 Å². The van der Waals surface area contributed by atoms with Gasteiger partial charge in [-0.3, -0.25) is 4.79 Å². The second-order valence-corrected chi connectivity index (χ2v) is 4.70. The van der Waals surface area contributed by atoms with Crippen molar-refractivity contribution < 1.29 is 9.90 Å². The van der Waals surface area contributed by atoms with Crippen LogP contribution in [-0.4, -0.2) is 47.6 Å². The van der Waals surface area contributed by atoms with E-state index in [2.05, 4.69) is 10.3 Å². The van der Waals surface area contributed by atoms with Crippen LogP contribution in [0.2, 0.25) is 0 Å². The van der Waals surface area contributed by atoms with Crippen molar-refractivity contribution >= 4 is 11.7 Å². The van der Waals surface area contributed by atoms with Crippen molar-refractivity contribution in [3.63, 3.8) is 0 Å². The maximum atomic E-state index is 12.3. The zero-order valence-corrected chi connectivity index (χ0v) is 12.1. The van der Waals surface area contributed by atoms with Gasteiger partial charge in [0.2, 0.25) is 0 Å². The molecule has 1 unspecified atom stereocenters. The summed E-state index contributed by atoms with van der Waals surface area (Å²) >= 11 is 0. The lowest BCUT2D eigenvalue weighted by Gasteiger charge is -2.18. The van der Waals surface area contributed by atoms with Gasteiger partial charge < -0.3 is 15.3 Å². The van der Waals surface area contributed by atoms with Gasteiger partial charge in [0.15, 0.2) is 0 Å². The van der Waals surface area contributed by atoms with Crippen LogP contribution in [0.1, 0.15) is 36.3 Å². The highest BCUT2D eigenvalue weighted by Crippen LogP contribution is 2.13. The Kier molecular flexibility index (Phi) is 5.76. The van der Waals surface area contributed by atoms with Gasteiger partial charge in [0.05, 0.1) is 6.10 Å². The van der Waals surface area contributed by atoms with E-state index in [0.29, 0.717) is 24.3 Å². The summed E-state index contributed by atoms with van der Waals surface area (Å²) in [4.78, 5) is 18.3. The fourth-order valence-electron chi connectivity index (χ4n) is 1.72. The Morgan fingerprint density at radius 2 is 2.21 bits per heavy atom. The number of carbonyl (C=O) groups excluding carboxylic acids is 1.